The van der Waals surface area contributed by atoms with Gasteiger partial charge in [0.1, 0.15) is 5.75 Å². The fourth-order valence-corrected chi connectivity index (χ4v) is 3.77. The highest BCUT2D eigenvalue weighted by Crippen LogP contribution is 2.29. The Kier molecular flexibility index (Phi) is 5.10. The van der Waals surface area contributed by atoms with Gasteiger partial charge in [0.25, 0.3) is 0 Å². The molecule has 1 atom stereocenters. The molecule has 4 rings (SSSR count). The van der Waals surface area contributed by atoms with Crippen molar-refractivity contribution in [3.8, 4) is 17.0 Å². The van der Waals surface area contributed by atoms with E-state index in [9.17, 15) is 0 Å². The zero-order valence-corrected chi connectivity index (χ0v) is 16.2. The summed E-state index contributed by atoms with van der Waals surface area (Å²) in [5.74, 6) is 0.834. The normalized spacial score (nSPS) is 16.4. The van der Waals surface area contributed by atoms with Crippen molar-refractivity contribution in [2.45, 2.75) is 19.9 Å². The van der Waals surface area contributed by atoms with E-state index in [1.807, 2.05) is 12.1 Å². The lowest BCUT2D eigenvalue weighted by Crippen LogP contribution is -2.37. The number of pyridine rings is 1. The highest BCUT2D eigenvalue weighted by molar-refractivity contribution is 5.86. The van der Waals surface area contributed by atoms with Gasteiger partial charge in [0.2, 0.25) is 0 Å². The average Bonchev–Trinajstić information content (AvgIpc) is 2.73. The topological polar surface area (TPSA) is 34.6 Å². The molecule has 1 aliphatic heterocycles. The minimum Gasteiger partial charge on any atom is -0.497 e. The van der Waals surface area contributed by atoms with Gasteiger partial charge in [-0.3, -0.25) is 4.90 Å². The zero-order valence-electron chi connectivity index (χ0n) is 16.2. The van der Waals surface area contributed by atoms with Crippen LogP contribution in [0.5, 0.6) is 5.75 Å². The molecule has 0 saturated carbocycles. The fourth-order valence-electron chi connectivity index (χ4n) is 3.77. The van der Waals surface area contributed by atoms with Crippen molar-refractivity contribution in [1.29, 1.82) is 0 Å². The molecular formula is C23H26N2O2. The number of hydrogen-bond donors (Lipinski definition) is 0. The Hall–Kier alpha value is -2.43. The van der Waals surface area contributed by atoms with E-state index in [0.717, 1.165) is 54.2 Å². The third-order valence-corrected chi connectivity index (χ3v) is 5.51. The lowest BCUT2D eigenvalue weighted by atomic mass is 10.0. The smallest absolute Gasteiger partial charge is 0.121 e. The fraction of sp³-hybridized carbons (Fsp3) is 0.348. The molecule has 4 heteroatoms. The average molecular weight is 362 g/mol. The molecule has 0 amide bonds. The Bertz CT molecular complexity index is 931. The molecule has 27 heavy (non-hydrogen) atoms. The predicted molar refractivity (Wildman–Crippen MR) is 109 cm³/mol. The monoisotopic (exact) mass is 362 g/mol. The first-order valence-corrected chi connectivity index (χ1v) is 9.53. The lowest BCUT2D eigenvalue weighted by molar-refractivity contribution is 0.0198. The van der Waals surface area contributed by atoms with Crippen molar-refractivity contribution >= 4 is 10.9 Å². The zero-order chi connectivity index (χ0) is 18.8. The highest BCUT2D eigenvalue weighted by atomic mass is 16.5. The van der Waals surface area contributed by atoms with Crippen LogP contribution in [-0.2, 0) is 4.74 Å². The van der Waals surface area contributed by atoms with Gasteiger partial charge in [-0.2, -0.15) is 0 Å². The van der Waals surface area contributed by atoms with Gasteiger partial charge in [-0.15, -0.1) is 0 Å². The summed E-state index contributed by atoms with van der Waals surface area (Å²) in [5.41, 5.74) is 5.66. The summed E-state index contributed by atoms with van der Waals surface area (Å²) in [7, 11) is 1.69. The summed E-state index contributed by atoms with van der Waals surface area (Å²) in [4.78, 5) is 7.35. The quantitative estimate of drug-likeness (QED) is 0.679. The number of ether oxygens (including phenoxy) is 2. The molecule has 2 aromatic carbocycles. The van der Waals surface area contributed by atoms with Crippen LogP contribution in [0.15, 0.2) is 48.5 Å². The molecule has 0 N–H and O–H groups in total. The van der Waals surface area contributed by atoms with Crippen molar-refractivity contribution in [1.82, 2.24) is 9.88 Å². The second-order valence-corrected chi connectivity index (χ2v) is 7.15. The molecule has 140 valence electrons. The van der Waals surface area contributed by atoms with Crippen LogP contribution in [0.1, 0.15) is 24.1 Å². The van der Waals surface area contributed by atoms with Crippen molar-refractivity contribution in [3.63, 3.8) is 0 Å². The van der Waals surface area contributed by atoms with Crippen LogP contribution in [0, 0.1) is 6.92 Å². The number of nitrogens with zero attached hydrogens (tertiary/aromatic N) is 2. The number of hydrogen-bond acceptors (Lipinski definition) is 4. The molecule has 2 heterocycles. The SMILES string of the molecule is COc1ccc2c(C)cc(-c3ccc([C@H](C)N4CCOCC4)cc3)nc2c1. The molecule has 0 aliphatic carbocycles. The maximum Gasteiger partial charge on any atom is 0.121 e. The second kappa shape index (κ2) is 7.67. The van der Waals surface area contributed by atoms with E-state index in [0.29, 0.717) is 6.04 Å². The summed E-state index contributed by atoms with van der Waals surface area (Å²) in [6.45, 7) is 8.05. The van der Waals surface area contributed by atoms with Crippen LogP contribution in [-0.4, -0.2) is 43.3 Å². The predicted octanol–water partition coefficient (Wildman–Crippen LogP) is 4.61. The Morgan fingerprint density at radius 2 is 1.78 bits per heavy atom. The van der Waals surface area contributed by atoms with Crippen molar-refractivity contribution in [2.75, 3.05) is 33.4 Å². The second-order valence-electron chi connectivity index (χ2n) is 7.15. The van der Waals surface area contributed by atoms with Gasteiger partial charge in [0, 0.05) is 36.1 Å². The molecule has 0 unspecified atom stereocenters. The number of rotatable bonds is 4. The van der Waals surface area contributed by atoms with E-state index >= 15 is 0 Å². The number of benzene rings is 2. The van der Waals surface area contributed by atoms with Gasteiger partial charge in [0.05, 0.1) is 31.5 Å². The molecule has 1 saturated heterocycles. The van der Waals surface area contributed by atoms with E-state index in [1.165, 1.54) is 11.1 Å². The van der Waals surface area contributed by atoms with Gasteiger partial charge in [-0.25, -0.2) is 4.98 Å². The van der Waals surface area contributed by atoms with Crippen LogP contribution < -0.4 is 4.74 Å². The molecule has 3 aromatic rings. The summed E-state index contributed by atoms with van der Waals surface area (Å²) in [6, 6.07) is 17.4. The molecule has 1 fully saturated rings. The molecular weight excluding hydrogens is 336 g/mol. The van der Waals surface area contributed by atoms with Gasteiger partial charge < -0.3 is 9.47 Å². The minimum absolute atomic E-state index is 0.401. The molecule has 0 radical (unpaired) electrons. The number of methoxy groups -OCH3 is 1. The van der Waals surface area contributed by atoms with E-state index in [1.54, 1.807) is 7.11 Å². The standard InChI is InChI=1S/C23H26N2O2/c1-16-14-22(24-23-15-20(26-3)8-9-21(16)23)19-6-4-18(5-7-19)17(2)25-10-12-27-13-11-25/h4-9,14-15,17H,10-13H2,1-3H3/t17-/m0/s1. The summed E-state index contributed by atoms with van der Waals surface area (Å²) in [6.07, 6.45) is 0. The number of aromatic nitrogens is 1. The van der Waals surface area contributed by atoms with E-state index in [-0.39, 0.29) is 0 Å². The number of fused-ring (bicyclic) bond motifs is 1. The first-order valence-electron chi connectivity index (χ1n) is 9.53. The van der Waals surface area contributed by atoms with Crippen LogP contribution >= 0.6 is 0 Å². The molecule has 0 bridgehead atoms. The summed E-state index contributed by atoms with van der Waals surface area (Å²) < 4.78 is 10.8. The first kappa shape index (κ1) is 18.0. The Morgan fingerprint density at radius 3 is 2.48 bits per heavy atom. The van der Waals surface area contributed by atoms with Crippen LogP contribution in [0.25, 0.3) is 22.2 Å². The van der Waals surface area contributed by atoms with Crippen LogP contribution in [0.4, 0.5) is 0 Å². The van der Waals surface area contributed by atoms with Crippen LogP contribution in [0.3, 0.4) is 0 Å². The first-order chi connectivity index (χ1) is 13.2. The van der Waals surface area contributed by atoms with Gasteiger partial charge in [-0.05, 0) is 43.2 Å². The van der Waals surface area contributed by atoms with Crippen molar-refractivity contribution < 1.29 is 9.47 Å². The third-order valence-electron chi connectivity index (χ3n) is 5.51. The lowest BCUT2D eigenvalue weighted by Gasteiger charge is -2.32. The van der Waals surface area contributed by atoms with Gasteiger partial charge >= 0.3 is 0 Å². The maximum atomic E-state index is 5.47. The Morgan fingerprint density at radius 1 is 1.04 bits per heavy atom. The minimum atomic E-state index is 0.401. The molecule has 1 aliphatic rings. The van der Waals surface area contributed by atoms with E-state index in [4.69, 9.17) is 14.5 Å². The summed E-state index contributed by atoms with van der Waals surface area (Å²) >= 11 is 0. The molecule has 0 spiro atoms. The van der Waals surface area contributed by atoms with Crippen molar-refractivity contribution in [2.24, 2.45) is 0 Å². The summed E-state index contributed by atoms with van der Waals surface area (Å²) in [5, 5.41) is 1.16. The van der Waals surface area contributed by atoms with Crippen molar-refractivity contribution in [3.05, 3.63) is 59.7 Å². The van der Waals surface area contributed by atoms with E-state index < -0.39 is 0 Å². The Balaban J connectivity index is 1.63. The third kappa shape index (κ3) is 3.68. The highest BCUT2D eigenvalue weighted by Gasteiger charge is 2.18. The number of morpholine rings is 1. The maximum absolute atomic E-state index is 5.47. The number of aryl methyl sites for hydroxylation is 1. The molecule has 1 aromatic heterocycles. The molecule has 4 nitrogen and oxygen atoms in total. The largest absolute Gasteiger partial charge is 0.497 e. The van der Waals surface area contributed by atoms with E-state index in [2.05, 4.69) is 55.1 Å². The van der Waals surface area contributed by atoms with Gasteiger partial charge in [0.15, 0.2) is 0 Å². The van der Waals surface area contributed by atoms with Crippen LogP contribution in [0.2, 0.25) is 0 Å². The Labute approximate surface area is 160 Å². The van der Waals surface area contributed by atoms with Gasteiger partial charge in [-0.1, -0.05) is 24.3 Å².